The number of aromatic nitrogens is 1. The van der Waals surface area contributed by atoms with Gasteiger partial charge in [-0.1, -0.05) is 13.8 Å². The molecular weight excluding hydrogens is 214 g/mol. The molecule has 2 N–H and O–H groups in total. The average molecular weight is 231 g/mol. The molecule has 1 saturated carbocycles. The van der Waals surface area contributed by atoms with E-state index in [4.69, 9.17) is 5.73 Å². The van der Waals surface area contributed by atoms with Crippen molar-refractivity contribution in [3.63, 3.8) is 0 Å². The van der Waals surface area contributed by atoms with Gasteiger partial charge >= 0.3 is 0 Å². The molecule has 0 bridgehead atoms. The molecule has 17 heavy (non-hydrogen) atoms. The maximum atomic E-state index is 11.1. The van der Waals surface area contributed by atoms with Crippen LogP contribution in [-0.4, -0.2) is 24.0 Å². The van der Waals surface area contributed by atoms with E-state index in [1.54, 1.807) is 12.3 Å². The quantitative estimate of drug-likeness (QED) is 0.834. The van der Waals surface area contributed by atoms with E-state index in [1.165, 1.54) is 0 Å². The predicted molar refractivity (Wildman–Crippen MR) is 65.7 cm³/mol. The second kappa shape index (κ2) is 3.22. The van der Waals surface area contributed by atoms with Crippen LogP contribution in [0.15, 0.2) is 18.3 Å². The number of hydrogen-bond acceptors (Lipinski definition) is 3. The molecule has 1 aromatic rings. The lowest BCUT2D eigenvalue weighted by Gasteiger charge is -2.24. The Morgan fingerprint density at radius 3 is 2.71 bits per heavy atom. The average Bonchev–Trinajstić information content (AvgIpc) is 2.71. The minimum Gasteiger partial charge on any atom is -0.371 e. The molecule has 2 aliphatic rings. The zero-order valence-corrected chi connectivity index (χ0v) is 10.2. The lowest BCUT2D eigenvalue weighted by atomic mass is 10.1. The van der Waals surface area contributed by atoms with Gasteiger partial charge in [0.15, 0.2) is 0 Å². The van der Waals surface area contributed by atoms with Gasteiger partial charge in [-0.3, -0.25) is 9.78 Å². The fourth-order valence-corrected chi connectivity index (χ4v) is 3.09. The summed E-state index contributed by atoms with van der Waals surface area (Å²) in [7, 11) is 0. The number of primary amides is 1. The van der Waals surface area contributed by atoms with Gasteiger partial charge in [-0.2, -0.15) is 0 Å². The number of carbonyl (C=O) groups is 1. The Kier molecular flexibility index (Phi) is 2.00. The van der Waals surface area contributed by atoms with Crippen LogP contribution >= 0.6 is 0 Å². The summed E-state index contributed by atoms with van der Waals surface area (Å²) in [6.45, 7) is 6.84. The van der Waals surface area contributed by atoms with Crippen LogP contribution in [0.4, 0.5) is 5.69 Å². The number of hydrogen-bond donors (Lipinski definition) is 1. The molecule has 0 aromatic carbocycles. The molecule has 4 nitrogen and oxygen atoms in total. The van der Waals surface area contributed by atoms with Gasteiger partial charge in [0, 0.05) is 25.0 Å². The normalized spacial score (nSPS) is 28.9. The van der Waals surface area contributed by atoms with Crippen molar-refractivity contribution >= 4 is 11.6 Å². The van der Waals surface area contributed by atoms with Crippen LogP contribution in [0.1, 0.15) is 24.3 Å². The van der Waals surface area contributed by atoms with Crippen LogP contribution in [0.3, 0.4) is 0 Å². The molecule has 2 atom stereocenters. The zero-order valence-electron chi connectivity index (χ0n) is 10.2. The number of nitrogens with zero attached hydrogens (tertiary/aromatic N) is 2. The van der Waals surface area contributed by atoms with Gasteiger partial charge in [0.25, 0.3) is 5.91 Å². The molecule has 1 aliphatic heterocycles. The summed E-state index contributed by atoms with van der Waals surface area (Å²) in [4.78, 5) is 17.4. The van der Waals surface area contributed by atoms with Crippen LogP contribution < -0.4 is 10.6 Å². The highest BCUT2D eigenvalue weighted by Crippen LogP contribution is 2.62. The highest BCUT2D eigenvalue weighted by atomic mass is 16.1. The van der Waals surface area contributed by atoms with Crippen LogP contribution in [0, 0.1) is 17.3 Å². The molecule has 1 amide bonds. The summed E-state index contributed by atoms with van der Waals surface area (Å²) in [5, 5.41) is 0. The third-order valence-electron chi connectivity index (χ3n) is 4.48. The number of anilines is 1. The maximum absolute atomic E-state index is 11.1. The smallest absolute Gasteiger partial charge is 0.267 e. The van der Waals surface area contributed by atoms with E-state index in [-0.39, 0.29) is 0 Å². The molecule has 2 heterocycles. The van der Waals surface area contributed by atoms with Crippen LogP contribution in [0.5, 0.6) is 0 Å². The van der Waals surface area contributed by atoms with Crippen LogP contribution in [0.2, 0.25) is 0 Å². The largest absolute Gasteiger partial charge is 0.371 e. The fraction of sp³-hybridized carbons (Fsp3) is 0.538. The van der Waals surface area contributed by atoms with Crippen molar-refractivity contribution in [2.24, 2.45) is 23.0 Å². The SMILES string of the molecule is CC1(C)C2CN(c3ccnc(C(N)=O)c3)CC21. The van der Waals surface area contributed by atoms with E-state index in [0.29, 0.717) is 11.1 Å². The van der Waals surface area contributed by atoms with E-state index in [2.05, 4.69) is 23.7 Å². The summed E-state index contributed by atoms with van der Waals surface area (Å²) in [5.41, 5.74) is 7.17. The molecule has 1 saturated heterocycles. The Labute approximate surface area is 101 Å². The highest BCUT2D eigenvalue weighted by molar-refractivity contribution is 5.91. The Balaban J connectivity index is 1.79. The van der Waals surface area contributed by atoms with Gasteiger partial charge in [0.2, 0.25) is 0 Å². The summed E-state index contributed by atoms with van der Waals surface area (Å²) in [6, 6.07) is 3.74. The lowest BCUT2D eigenvalue weighted by Crippen LogP contribution is -2.26. The molecule has 4 heteroatoms. The Hall–Kier alpha value is -1.58. The Morgan fingerprint density at radius 1 is 1.47 bits per heavy atom. The van der Waals surface area contributed by atoms with E-state index < -0.39 is 5.91 Å². The first-order chi connectivity index (χ1) is 8.00. The van der Waals surface area contributed by atoms with Gasteiger partial charge < -0.3 is 10.6 Å². The molecule has 0 radical (unpaired) electrons. The number of fused-ring (bicyclic) bond motifs is 1. The number of amides is 1. The first-order valence-corrected chi connectivity index (χ1v) is 6.01. The number of carbonyl (C=O) groups excluding carboxylic acids is 1. The van der Waals surface area contributed by atoms with Gasteiger partial charge in [0.1, 0.15) is 5.69 Å². The summed E-state index contributed by atoms with van der Waals surface area (Å²) < 4.78 is 0. The van der Waals surface area contributed by atoms with Crippen LogP contribution in [-0.2, 0) is 0 Å². The Bertz CT molecular complexity index is 469. The number of piperidine rings is 1. The van der Waals surface area contributed by atoms with Gasteiger partial charge in [0.05, 0.1) is 0 Å². The third kappa shape index (κ3) is 1.51. The van der Waals surface area contributed by atoms with Crippen molar-refractivity contribution < 1.29 is 4.79 Å². The molecule has 2 unspecified atom stereocenters. The molecule has 1 aromatic heterocycles. The summed E-state index contributed by atoms with van der Waals surface area (Å²) in [5.74, 6) is 1.14. The van der Waals surface area contributed by atoms with Crippen molar-refractivity contribution in [1.82, 2.24) is 4.98 Å². The monoisotopic (exact) mass is 231 g/mol. The standard InChI is InChI=1S/C13H17N3O/c1-13(2)9-6-16(7-10(9)13)8-3-4-15-11(5-8)12(14)17/h3-5,9-10H,6-7H2,1-2H3,(H2,14,17). The molecule has 1 aliphatic carbocycles. The lowest BCUT2D eigenvalue weighted by molar-refractivity contribution is 0.0995. The number of rotatable bonds is 2. The van der Waals surface area contributed by atoms with E-state index in [9.17, 15) is 4.79 Å². The topological polar surface area (TPSA) is 59.2 Å². The third-order valence-corrected chi connectivity index (χ3v) is 4.48. The van der Waals surface area contributed by atoms with E-state index in [0.717, 1.165) is 30.6 Å². The first kappa shape index (κ1) is 10.6. The molecule has 2 fully saturated rings. The maximum Gasteiger partial charge on any atom is 0.267 e. The van der Waals surface area contributed by atoms with Crippen LogP contribution in [0.25, 0.3) is 0 Å². The van der Waals surface area contributed by atoms with E-state index in [1.807, 2.05) is 6.07 Å². The second-order valence-electron chi connectivity index (χ2n) is 5.70. The molecule has 90 valence electrons. The predicted octanol–water partition coefficient (Wildman–Crippen LogP) is 1.27. The van der Waals surface area contributed by atoms with Gasteiger partial charge in [-0.25, -0.2) is 0 Å². The summed E-state index contributed by atoms with van der Waals surface area (Å²) >= 11 is 0. The molecule has 0 spiro atoms. The molecular formula is C13H17N3O. The highest BCUT2D eigenvalue weighted by Gasteiger charge is 2.61. The first-order valence-electron chi connectivity index (χ1n) is 6.01. The van der Waals surface area contributed by atoms with Gasteiger partial charge in [-0.15, -0.1) is 0 Å². The minimum absolute atomic E-state index is 0.349. The molecule has 3 rings (SSSR count). The van der Waals surface area contributed by atoms with Gasteiger partial charge in [-0.05, 0) is 29.4 Å². The zero-order chi connectivity index (χ0) is 12.2. The van der Waals surface area contributed by atoms with Crippen molar-refractivity contribution in [3.05, 3.63) is 24.0 Å². The van der Waals surface area contributed by atoms with Crippen molar-refractivity contribution in [3.8, 4) is 0 Å². The number of pyridine rings is 1. The summed E-state index contributed by atoms with van der Waals surface area (Å²) in [6.07, 6.45) is 1.66. The Morgan fingerprint density at radius 2 is 2.12 bits per heavy atom. The van der Waals surface area contributed by atoms with Crippen molar-refractivity contribution in [2.45, 2.75) is 13.8 Å². The minimum atomic E-state index is -0.462. The van der Waals surface area contributed by atoms with Crippen molar-refractivity contribution in [2.75, 3.05) is 18.0 Å². The fourth-order valence-electron chi connectivity index (χ4n) is 3.09. The second-order valence-corrected chi connectivity index (χ2v) is 5.70. The van der Waals surface area contributed by atoms with E-state index >= 15 is 0 Å². The van der Waals surface area contributed by atoms with Crippen molar-refractivity contribution in [1.29, 1.82) is 0 Å². The number of nitrogens with two attached hydrogens (primary N) is 1.